The van der Waals surface area contributed by atoms with Crippen LogP contribution in [0.25, 0.3) is 100 Å². The predicted octanol–water partition coefficient (Wildman–Crippen LogP) is 13.6. The van der Waals surface area contributed by atoms with E-state index in [1.165, 1.54) is 38.8 Å². The Balaban J connectivity index is 1.07. The van der Waals surface area contributed by atoms with Crippen molar-refractivity contribution in [3.63, 3.8) is 0 Å². The molecule has 0 saturated heterocycles. The van der Waals surface area contributed by atoms with Gasteiger partial charge in [0.15, 0.2) is 17.5 Å². The zero-order chi connectivity index (χ0) is 37.4. The summed E-state index contributed by atoms with van der Waals surface area (Å²) < 4.78 is 6.49. The molecule has 0 amide bonds. The molecule has 0 unspecified atom stereocenters. The fourth-order valence-electron chi connectivity index (χ4n) is 8.73. The highest BCUT2D eigenvalue weighted by molar-refractivity contribution is 6.13. The molecular formula is C52H35N3O. The monoisotopic (exact) mass is 717 g/mol. The van der Waals surface area contributed by atoms with Crippen molar-refractivity contribution in [3.8, 4) is 67.5 Å². The van der Waals surface area contributed by atoms with Gasteiger partial charge in [0.25, 0.3) is 0 Å². The summed E-state index contributed by atoms with van der Waals surface area (Å²) in [6, 6.07) is 61.9. The van der Waals surface area contributed by atoms with Crippen molar-refractivity contribution in [1.29, 1.82) is 0 Å². The van der Waals surface area contributed by atoms with Crippen molar-refractivity contribution in [2.75, 3.05) is 0 Å². The van der Waals surface area contributed by atoms with Gasteiger partial charge in [-0.2, -0.15) is 0 Å². The van der Waals surface area contributed by atoms with Crippen LogP contribution < -0.4 is 0 Å². The van der Waals surface area contributed by atoms with E-state index in [9.17, 15) is 0 Å². The molecule has 0 radical (unpaired) electrons. The summed E-state index contributed by atoms with van der Waals surface area (Å²) in [6.07, 6.45) is 0. The van der Waals surface area contributed by atoms with Gasteiger partial charge in [-0.15, -0.1) is 0 Å². The first kappa shape index (κ1) is 32.3. The van der Waals surface area contributed by atoms with E-state index in [2.05, 4.69) is 184 Å². The van der Waals surface area contributed by atoms with Crippen LogP contribution in [0, 0.1) is 0 Å². The Morgan fingerprint density at radius 1 is 0.393 bits per heavy atom. The minimum Gasteiger partial charge on any atom is -0.456 e. The molecule has 0 fully saturated rings. The molecule has 4 nitrogen and oxygen atoms in total. The van der Waals surface area contributed by atoms with Crippen LogP contribution in [0.1, 0.15) is 25.0 Å². The molecule has 0 spiro atoms. The van der Waals surface area contributed by atoms with Gasteiger partial charge in [-0.3, -0.25) is 0 Å². The van der Waals surface area contributed by atoms with Gasteiger partial charge in [-0.05, 0) is 85.6 Å². The molecule has 56 heavy (non-hydrogen) atoms. The van der Waals surface area contributed by atoms with Crippen LogP contribution in [0.3, 0.4) is 0 Å². The second-order valence-corrected chi connectivity index (χ2v) is 15.2. The van der Waals surface area contributed by atoms with Crippen LogP contribution in [-0.4, -0.2) is 15.0 Å². The molecule has 0 bridgehead atoms. The summed E-state index contributed by atoms with van der Waals surface area (Å²) >= 11 is 0. The van der Waals surface area contributed by atoms with Gasteiger partial charge < -0.3 is 4.42 Å². The van der Waals surface area contributed by atoms with Gasteiger partial charge in [0.1, 0.15) is 11.2 Å². The van der Waals surface area contributed by atoms with E-state index >= 15 is 0 Å². The summed E-state index contributed by atoms with van der Waals surface area (Å²) in [5.41, 5.74) is 13.9. The van der Waals surface area contributed by atoms with Crippen molar-refractivity contribution in [2.24, 2.45) is 0 Å². The van der Waals surface area contributed by atoms with E-state index in [0.717, 1.165) is 55.1 Å². The molecule has 0 atom stereocenters. The van der Waals surface area contributed by atoms with Crippen LogP contribution in [0.4, 0.5) is 0 Å². The standard InChI is InChI=1S/C52H35N3O/c1-52(2)43-22-9-8-19-40(43)47-42(21-11-23-44(47)52)51-54-49(53-50(55-51)38-26-25-32-13-6-7-16-34(32)29-38)37-18-10-17-35(30-37)36-27-28-41-46(31-36)56-45-24-12-20-39(48(41)45)33-14-4-3-5-15-33/h3-31H,1-2H3. The average Bonchev–Trinajstić information content (AvgIpc) is 3.75. The Kier molecular flexibility index (Phi) is 7.17. The van der Waals surface area contributed by atoms with Crippen LogP contribution in [0.15, 0.2) is 180 Å². The van der Waals surface area contributed by atoms with E-state index in [4.69, 9.17) is 19.4 Å². The molecule has 264 valence electrons. The molecule has 11 rings (SSSR count). The van der Waals surface area contributed by atoms with Gasteiger partial charge in [0, 0.05) is 32.9 Å². The van der Waals surface area contributed by atoms with E-state index in [1.54, 1.807) is 0 Å². The third kappa shape index (κ3) is 5.10. The van der Waals surface area contributed by atoms with Gasteiger partial charge in [-0.1, -0.05) is 159 Å². The zero-order valence-corrected chi connectivity index (χ0v) is 31.0. The lowest BCUT2D eigenvalue weighted by Crippen LogP contribution is -2.14. The molecule has 0 N–H and O–H groups in total. The number of benzene rings is 8. The van der Waals surface area contributed by atoms with Crippen LogP contribution >= 0.6 is 0 Å². The summed E-state index contributed by atoms with van der Waals surface area (Å²) in [6.45, 7) is 4.61. The molecular weight excluding hydrogens is 683 g/mol. The topological polar surface area (TPSA) is 51.8 Å². The minimum atomic E-state index is -0.142. The van der Waals surface area contributed by atoms with Crippen molar-refractivity contribution < 1.29 is 4.42 Å². The molecule has 2 heterocycles. The predicted molar refractivity (Wildman–Crippen MR) is 229 cm³/mol. The maximum atomic E-state index is 6.49. The Labute approximate surface area is 324 Å². The lowest BCUT2D eigenvalue weighted by atomic mass is 9.82. The number of hydrogen-bond donors (Lipinski definition) is 0. The number of hydrogen-bond acceptors (Lipinski definition) is 4. The van der Waals surface area contributed by atoms with Gasteiger partial charge in [0.2, 0.25) is 0 Å². The summed E-state index contributed by atoms with van der Waals surface area (Å²) in [5.74, 6) is 1.92. The highest BCUT2D eigenvalue weighted by Gasteiger charge is 2.37. The summed E-state index contributed by atoms with van der Waals surface area (Å²) in [5, 5.41) is 4.55. The summed E-state index contributed by atoms with van der Waals surface area (Å²) in [7, 11) is 0. The number of fused-ring (bicyclic) bond motifs is 7. The third-order valence-corrected chi connectivity index (χ3v) is 11.5. The van der Waals surface area contributed by atoms with Gasteiger partial charge in [-0.25, -0.2) is 15.0 Å². The first-order valence-electron chi connectivity index (χ1n) is 19.1. The molecule has 1 aliphatic rings. The van der Waals surface area contributed by atoms with Crippen LogP contribution in [-0.2, 0) is 5.41 Å². The van der Waals surface area contributed by atoms with Gasteiger partial charge >= 0.3 is 0 Å². The molecule has 4 heteroatoms. The van der Waals surface area contributed by atoms with E-state index in [0.29, 0.717) is 17.5 Å². The smallest absolute Gasteiger partial charge is 0.164 e. The van der Waals surface area contributed by atoms with E-state index in [1.807, 2.05) is 6.07 Å². The molecule has 0 aliphatic heterocycles. The third-order valence-electron chi connectivity index (χ3n) is 11.5. The molecule has 8 aromatic carbocycles. The number of rotatable bonds is 5. The summed E-state index contributed by atoms with van der Waals surface area (Å²) in [4.78, 5) is 15.7. The Hall–Kier alpha value is -7.17. The number of aromatic nitrogens is 3. The first-order chi connectivity index (χ1) is 27.5. The quantitative estimate of drug-likeness (QED) is 0.178. The Morgan fingerprint density at radius 3 is 1.88 bits per heavy atom. The zero-order valence-electron chi connectivity index (χ0n) is 31.0. The fraction of sp³-hybridized carbons (Fsp3) is 0.0577. The highest BCUT2D eigenvalue weighted by atomic mass is 16.3. The number of nitrogens with zero attached hydrogens (tertiary/aromatic N) is 3. The number of furan rings is 1. The lowest BCUT2D eigenvalue weighted by Gasteiger charge is -2.21. The van der Waals surface area contributed by atoms with Crippen LogP contribution in [0.2, 0.25) is 0 Å². The second-order valence-electron chi connectivity index (χ2n) is 15.2. The molecule has 2 aromatic heterocycles. The Morgan fingerprint density at radius 2 is 1.00 bits per heavy atom. The molecule has 0 saturated carbocycles. The van der Waals surface area contributed by atoms with Crippen molar-refractivity contribution in [3.05, 3.63) is 187 Å². The average molecular weight is 718 g/mol. The van der Waals surface area contributed by atoms with E-state index < -0.39 is 0 Å². The molecule has 10 aromatic rings. The fourth-order valence-corrected chi connectivity index (χ4v) is 8.73. The maximum absolute atomic E-state index is 6.49. The second kappa shape index (κ2) is 12.4. The van der Waals surface area contributed by atoms with E-state index in [-0.39, 0.29) is 5.41 Å². The van der Waals surface area contributed by atoms with Crippen LogP contribution in [0.5, 0.6) is 0 Å². The maximum Gasteiger partial charge on any atom is 0.164 e. The highest BCUT2D eigenvalue weighted by Crippen LogP contribution is 2.51. The largest absolute Gasteiger partial charge is 0.456 e. The Bertz CT molecular complexity index is 3180. The first-order valence-corrected chi connectivity index (χ1v) is 19.1. The van der Waals surface area contributed by atoms with Crippen molar-refractivity contribution in [1.82, 2.24) is 15.0 Å². The SMILES string of the molecule is CC1(C)c2ccccc2-c2c(-c3nc(-c4cccc(-c5ccc6c(c5)oc5cccc(-c7ccccc7)c56)c4)nc(-c4ccc5ccccc5c4)n3)cccc21. The molecule has 1 aliphatic carbocycles. The van der Waals surface area contributed by atoms with Crippen molar-refractivity contribution in [2.45, 2.75) is 19.3 Å². The minimum absolute atomic E-state index is 0.142. The normalized spacial score (nSPS) is 13.0. The lowest BCUT2D eigenvalue weighted by molar-refractivity contribution is 0.660. The van der Waals surface area contributed by atoms with Gasteiger partial charge in [0.05, 0.1) is 0 Å². The van der Waals surface area contributed by atoms with Crippen molar-refractivity contribution >= 4 is 32.7 Å².